The molecule has 0 spiro atoms. The standard InChI is InChI=1S/C38H50N5O4/c39-38-41-19-17-34(43-38)33(24-37(46)47)35(42-36-14-7-18-40-36)23-30-16-15-29-21-27-11-5-6-12-28(27)22-32(29)31(30)13-4-2-1-3-9-26(25-45)10-8-20-44/h5-7,11-12,14,18,21-22,24-26,30-31,34-35,40,44H,1-4,8-10,13,15-17,19-20,23H2,(H,46,47)(H3,39,41,43)/q-1. The highest BCUT2D eigenvalue weighted by Crippen LogP contribution is 2.45. The third-order valence-corrected chi connectivity index (χ3v) is 10.0. The van der Waals surface area contributed by atoms with Gasteiger partial charge in [-0.15, -0.1) is 0 Å². The molecule has 3 aromatic rings. The summed E-state index contributed by atoms with van der Waals surface area (Å²) in [6, 6.07) is 16.6. The molecule has 1 aliphatic heterocycles. The number of aryl methyl sites for hydroxylation is 1. The Labute approximate surface area is 278 Å². The van der Waals surface area contributed by atoms with E-state index < -0.39 is 5.97 Å². The number of aliphatic hydroxyl groups is 1. The molecule has 0 bridgehead atoms. The average Bonchev–Trinajstić information content (AvgIpc) is 3.59. The summed E-state index contributed by atoms with van der Waals surface area (Å²) in [5, 5.41) is 30.0. The van der Waals surface area contributed by atoms with E-state index in [-0.39, 0.29) is 24.6 Å². The van der Waals surface area contributed by atoms with Crippen molar-refractivity contribution in [1.82, 2.24) is 10.3 Å². The molecule has 2 aliphatic rings. The molecular weight excluding hydrogens is 590 g/mol. The highest BCUT2D eigenvalue weighted by Gasteiger charge is 2.33. The predicted molar refractivity (Wildman–Crippen MR) is 188 cm³/mol. The topological polar surface area (TPSA) is 155 Å². The van der Waals surface area contributed by atoms with Crippen LogP contribution in [-0.4, -0.2) is 58.6 Å². The van der Waals surface area contributed by atoms with Crippen molar-refractivity contribution >= 4 is 34.8 Å². The van der Waals surface area contributed by atoms with Gasteiger partial charge in [0.2, 0.25) is 0 Å². The highest BCUT2D eigenvalue weighted by atomic mass is 16.4. The van der Waals surface area contributed by atoms with E-state index in [9.17, 15) is 14.7 Å². The molecule has 5 atom stereocenters. The number of hydrogen-bond donors (Lipinski definition) is 5. The van der Waals surface area contributed by atoms with Crippen LogP contribution < -0.4 is 11.1 Å². The number of carboxylic acid groups (broad SMARTS) is 1. The van der Waals surface area contributed by atoms with Gasteiger partial charge in [-0.3, -0.25) is 4.99 Å². The Bertz CT molecular complexity index is 1520. The van der Waals surface area contributed by atoms with Gasteiger partial charge >= 0.3 is 5.97 Å². The number of benzene rings is 2. The minimum atomic E-state index is -0.986. The molecule has 2 heterocycles. The van der Waals surface area contributed by atoms with Crippen LogP contribution in [0.3, 0.4) is 0 Å². The van der Waals surface area contributed by atoms with Crippen LogP contribution in [0.5, 0.6) is 0 Å². The lowest BCUT2D eigenvalue weighted by molar-refractivity contribution is -0.131. The Morgan fingerprint density at radius 1 is 1.04 bits per heavy atom. The Balaban J connectivity index is 1.37. The SMILES string of the molecule is NC1=NCCC(C(=CC(=O)O)C(CC2CCc3cc4ccccc4cc3C2CCCCCCC(C=O)CCCO)[N-]c2ccc[nH]2)N1. The first kappa shape index (κ1) is 34.2. The van der Waals surface area contributed by atoms with Gasteiger partial charge in [-0.1, -0.05) is 86.2 Å². The zero-order chi connectivity index (χ0) is 33.0. The number of H-pyrrole nitrogens is 1. The molecule has 1 aromatic heterocycles. The van der Waals surface area contributed by atoms with Gasteiger partial charge in [-0.2, -0.15) is 0 Å². The summed E-state index contributed by atoms with van der Waals surface area (Å²) in [6.07, 6.45) is 15.3. The maximum absolute atomic E-state index is 12.2. The summed E-state index contributed by atoms with van der Waals surface area (Å²) >= 11 is 0. The van der Waals surface area contributed by atoms with Crippen molar-refractivity contribution < 1.29 is 19.8 Å². The number of carbonyl (C=O) groups excluding carboxylic acids is 1. The fraction of sp³-hybridized carbons (Fsp3) is 0.500. The van der Waals surface area contributed by atoms with Crippen molar-refractivity contribution in [1.29, 1.82) is 0 Å². The van der Waals surface area contributed by atoms with Gasteiger partial charge in [0.1, 0.15) is 6.29 Å². The molecule has 0 saturated carbocycles. The monoisotopic (exact) mass is 640 g/mol. The van der Waals surface area contributed by atoms with E-state index in [1.807, 2.05) is 18.3 Å². The van der Waals surface area contributed by atoms with Gasteiger partial charge in [0, 0.05) is 25.1 Å². The van der Waals surface area contributed by atoms with Gasteiger partial charge in [0.25, 0.3) is 0 Å². The number of aromatic nitrogens is 1. The van der Waals surface area contributed by atoms with Gasteiger partial charge in [-0.05, 0) is 96.7 Å². The van der Waals surface area contributed by atoms with Gasteiger partial charge in [0.05, 0.1) is 6.04 Å². The number of aliphatic carboxylic acids is 1. The summed E-state index contributed by atoms with van der Waals surface area (Å²) in [6.45, 7) is 0.674. The number of carbonyl (C=O) groups is 2. The first-order valence-electron chi connectivity index (χ1n) is 17.4. The molecular formula is C38H50N5O4-. The number of unbranched alkanes of at least 4 members (excludes halogenated alkanes) is 3. The van der Waals surface area contributed by atoms with E-state index in [0.717, 1.165) is 81.9 Å². The molecule has 47 heavy (non-hydrogen) atoms. The van der Waals surface area contributed by atoms with Crippen molar-refractivity contribution in [3.63, 3.8) is 0 Å². The van der Waals surface area contributed by atoms with Crippen molar-refractivity contribution in [2.45, 2.75) is 95.1 Å². The fourth-order valence-electron chi connectivity index (χ4n) is 7.65. The summed E-state index contributed by atoms with van der Waals surface area (Å²) in [7, 11) is 0. The van der Waals surface area contributed by atoms with Crippen LogP contribution in [0.15, 0.2) is 71.4 Å². The minimum Gasteiger partial charge on any atom is -0.478 e. The lowest BCUT2D eigenvalue weighted by atomic mass is 9.69. The fourth-order valence-corrected chi connectivity index (χ4v) is 7.65. The number of rotatable bonds is 18. The third kappa shape index (κ3) is 9.47. The van der Waals surface area contributed by atoms with Crippen molar-refractivity contribution in [2.24, 2.45) is 22.6 Å². The molecule has 6 N–H and O–H groups in total. The molecule has 9 heteroatoms. The molecule has 0 saturated heterocycles. The van der Waals surface area contributed by atoms with E-state index >= 15 is 0 Å². The number of nitrogens with zero attached hydrogens (tertiary/aromatic N) is 2. The molecule has 0 fully saturated rings. The van der Waals surface area contributed by atoms with Gasteiger partial charge < -0.3 is 36.4 Å². The summed E-state index contributed by atoms with van der Waals surface area (Å²) in [5.41, 5.74) is 9.64. The summed E-state index contributed by atoms with van der Waals surface area (Å²) < 4.78 is 0. The van der Waals surface area contributed by atoms with Crippen LogP contribution >= 0.6 is 0 Å². The molecule has 252 valence electrons. The molecule has 0 amide bonds. The van der Waals surface area contributed by atoms with E-state index in [2.05, 4.69) is 51.7 Å². The van der Waals surface area contributed by atoms with Crippen LogP contribution in [-0.2, 0) is 16.0 Å². The van der Waals surface area contributed by atoms with E-state index in [4.69, 9.17) is 16.2 Å². The number of carboxylic acids is 1. The van der Waals surface area contributed by atoms with Gasteiger partial charge in [0.15, 0.2) is 5.96 Å². The molecule has 9 nitrogen and oxygen atoms in total. The Morgan fingerprint density at radius 3 is 2.55 bits per heavy atom. The van der Waals surface area contributed by atoms with Crippen LogP contribution in [0.2, 0.25) is 0 Å². The van der Waals surface area contributed by atoms with Crippen molar-refractivity contribution in [3.8, 4) is 0 Å². The predicted octanol–water partition coefficient (Wildman–Crippen LogP) is 6.89. The van der Waals surface area contributed by atoms with E-state index in [1.54, 1.807) is 0 Å². The van der Waals surface area contributed by atoms with E-state index in [1.165, 1.54) is 28.0 Å². The number of nitrogens with one attached hydrogen (secondary N) is 2. The second-order valence-electron chi connectivity index (χ2n) is 13.2. The van der Waals surface area contributed by atoms with Crippen LogP contribution in [0.25, 0.3) is 16.1 Å². The number of hydrogen-bond acceptors (Lipinski definition) is 6. The number of guanidine groups is 1. The molecule has 0 radical (unpaired) electrons. The van der Waals surface area contributed by atoms with Crippen molar-refractivity contribution in [2.75, 3.05) is 13.2 Å². The number of aliphatic hydroxyl groups excluding tert-OH is 1. The lowest BCUT2D eigenvalue weighted by Gasteiger charge is -2.40. The zero-order valence-corrected chi connectivity index (χ0v) is 27.3. The highest BCUT2D eigenvalue weighted by molar-refractivity contribution is 5.85. The Morgan fingerprint density at radius 2 is 1.83 bits per heavy atom. The number of aliphatic imine (C=N–C) groups is 1. The molecule has 5 rings (SSSR count). The number of nitrogens with two attached hydrogens (primary N) is 1. The maximum Gasteiger partial charge on any atom is 0.328 e. The first-order valence-corrected chi connectivity index (χ1v) is 17.4. The maximum atomic E-state index is 12.2. The number of fused-ring (bicyclic) bond motifs is 2. The molecule has 1 aliphatic carbocycles. The van der Waals surface area contributed by atoms with Crippen LogP contribution in [0, 0.1) is 11.8 Å². The molecule has 2 aromatic carbocycles. The second-order valence-corrected chi connectivity index (χ2v) is 13.2. The average molecular weight is 641 g/mol. The summed E-state index contributed by atoms with van der Waals surface area (Å²) in [5.74, 6) is 0.764. The third-order valence-electron chi connectivity index (χ3n) is 10.0. The molecule has 5 unspecified atom stereocenters. The van der Waals surface area contributed by atoms with Crippen molar-refractivity contribution in [3.05, 3.63) is 82.8 Å². The lowest BCUT2D eigenvalue weighted by Crippen LogP contribution is -2.47. The minimum absolute atomic E-state index is 0.0405. The first-order chi connectivity index (χ1) is 22.9. The van der Waals surface area contributed by atoms with Crippen LogP contribution in [0.4, 0.5) is 5.82 Å². The van der Waals surface area contributed by atoms with E-state index in [0.29, 0.717) is 37.2 Å². The Hall–Kier alpha value is -4.11. The summed E-state index contributed by atoms with van der Waals surface area (Å²) in [4.78, 5) is 31.1. The Kier molecular flexibility index (Phi) is 12.5. The quantitative estimate of drug-likeness (QED) is 0.0579. The number of aldehydes is 1. The van der Waals surface area contributed by atoms with Gasteiger partial charge in [-0.25, -0.2) is 4.79 Å². The zero-order valence-electron chi connectivity index (χ0n) is 27.3. The largest absolute Gasteiger partial charge is 0.478 e. The second kappa shape index (κ2) is 17.2. The van der Waals surface area contributed by atoms with Crippen LogP contribution in [0.1, 0.15) is 87.7 Å². The number of aromatic amines is 1. The normalized spacial score (nSPS) is 20.9. The smallest absolute Gasteiger partial charge is 0.328 e.